The molecule has 0 spiro atoms. The zero-order chi connectivity index (χ0) is 19.9. The molecule has 1 atom stereocenters. The van der Waals surface area contributed by atoms with Gasteiger partial charge >= 0.3 is 0 Å². The number of rotatable bonds is 8. The van der Waals surface area contributed by atoms with E-state index in [0.29, 0.717) is 21.6 Å². The number of amides is 1. The summed E-state index contributed by atoms with van der Waals surface area (Å²) in [6, 6.07) is 13.9. The number of carbonyl (C=O) groups excluding carboxylic acids is 1. The van der Waals surface area contributed by atoms with Crippen molar-refractivity contribution < 1.29 is 9.53 Å². The maximum absolute atomic E-state index is 12.1. The molecule has 0 saturated carbocycles. The predicted octanol–water partition coefficient (Wildman–Crippen LogP) is 2.99. The van der Waals surface area contributed by atoms with Crippen molar-refractivity contribution in [2.45, 2.75) is 36.1 Å². The van der Waals surface area contributed by atoms with Crippen LogP contribution in [0.3, 0.4) is 0 Å². The van der Waals surface area contributed by atoms with Crippen LogP contribution in [0.1, 0.15) is 18.2 Å². The lowest BCUT2D eigenvalue weighted by Gasteiger charge is -2.17. The van der Waals surface area contributed by atoms with Crippen LogP contribution in [-0.2, 0) is 17.6 Å². The molecule has 1 amide bonds. The monoisotopic (exact) mass is 397 g/mol. The maximum atomic E-state index is 12.1. The van der Waals surface area contributed by atoms with Crippen LogP contribution in [0.2, 0.25) is 0 Å². The predicted molar refractivity (Wildman–Crippen MR) is 107 cm³/mol. The molecule has 3 aromatic rings. The molecule has 0 aliphatic carbocycles. The zero-order valence-electron chi connectivity index (χ0n) is 16.1. The van der Waals surface area contributed by atoms with Crippen LogP contribution in [0.15, 0.2) is 59.0 Å². The summed E-state index contributed by atoms with van der Waals surface area (Å²) < 4.78 is 6.14. The Kier molecular flexibility index (Phi) is 6.65. The van der Waals surface area contributed by atoms with E-state index in [1.807, 2.05) is 37.3 Å². The number of aromatic amines is 1. The van der Waals surface area contributed by atoms with Gasteiger partial charge in [-0.3, -0.25) is 9.89 Å². The Bertz CT molecular complexity index is 900. The zero-order valence-corrected chi connectivity index (χ0v) is 16.9. The minimum Gasteiger partial charge on any atom is -0.490 e. The van der Waals surface area contributed by atoms with E-state index in [1.54, 1.807) is 19.0 Å². The summed E-state index contributed by atoms with van der Waals surface area (Å²) in [4.78, 5) is 22.4. The number of nitrogens with one attached hydrogen (secondary N) is 1. The second-order valence-electron chi connectivity index (χ2n) is 6.61. The number of H-pyrrole nitrogens is 1. The second kappa shape index (κ2) is 9.36. The van der Waals surface area contributed by atoms with Gasteiger partial charge in [-0.1, -0.05) is 30.3 Å². The molecule has 146 valence electrons. The van der Waals surface area contributed by atoms with Gasteiger partial charge in [-0.05, 0) is 24.2 Å². The minimum atomic E-state index is -0.0228. The van der Waals surface area contributed by atoms with Gasteiger partial charge in [0.05, 0.1) is 18.2 Å². The molecule has 1 aromatic carbocycles. The molecular formula is C20H23N5O2S. The van der Waals surface area contributed by atoms with Gasteiger partial charge < -0.3 is 9.64 Å². The summed E-state index contributed by atoms with van der Waals surface area (Å²) in [5.74, 6) is 0.666. The van der Waals surface area contributed by atoms with Crippen LogP contribution in [-0.4, -0.2) is 51.2 Å². The summed E-state index contributed by atoms with van der Waals surface area (Å²) in [6.07, 6.45) is 2.42. The normalized spacial score (nSPS) is 11.8. The highest BCUT2D eigenvalue weighted by atomic mass is 32.2. The number of hydrogen-bond donors (Lipinski definition) is 1. The fraction of sp³-hybridized carbons (Fsp3) is 0.300. The molecule has 1 N–H and O–H groups in total. The summed E-state index contributed by atoms with van der Waals surface area (Å²) >= 11 is 1.34. The molecule has 28 heavy (non-hydrogen) atoms. The van der Waals surface area contributed by atoms with Crippen LogP contribution < -0.4 is 4.74 Å². The van der Waals surface area contributed by atoms with Crippen LogP contribution in [0.25, 0.3) is 0 Å². The van der Waals surface area contributed by atoms with Gasteiger partial charge in [0.25, 0.3) is 0 Å². The van der Waals surface area contributed by atoms with Crippen molar-refractivity contribution in [1.29, 1.82) is 0 Å². The molecule has 0 bridgehead atoms. The number of aromatic nitrogens is 4. The Labute approximate surface area is 168 Å². The molecule has 3 rings (SSSR count). The average molecular weight is 398 g/mol. The standard InChI is InChI=1S/C20H23N5O2S/c1-14(9-15-7-5-4-6-8-15)27-17-10-16(11-19(26)25(2)3)23-18(12-17)28-20-21-13-22-24-20/h4-8,10,12-14H,9,11H2,1-3H3,(H,21,22,24)/t14-/m0/s1. The number of benzene rings is 1. The molecule has 2 heterocycles. The molecular weight excluding hydrogens is 374 g/mol. The van der Waals surface area contributed by atoms with E-state index in [-0.39, 0.29) is 18.4 Å². The first-order chi connectivity index (χ1) is 13.5. The van der Waals surface area contributed by atoms with E-state index >= 15 is 0 Å². The van der Waals surface area contributed by atoms with Crippen LogP contribution in [0.4, 0.5) is 0 Å². The number of nitrogens with zero attached hydrogens (tertiary/aromatic N) is 4. The Hall–Kier alpha value is -2.87. The smallest absolute Gasteiger partial charge is 0.228 e. The topological polar surface area (TPSA) is 84.0 Å². The Morgan fingerprint density at radius 1 is 1.25 bits per heavy atom. The first-order valence-electron chi connectivity index (χ1n) is 8.94. The van der Waals surface area contributed by atoms with Gasteiger partial charge in [-0.2, -0.15) is 5.10 Å². The second-order valence-corrected chi connectivity index (χ2v) is 7.62. The van der Waals surface area contributed by atoms with Crippen molar-refractivity contribution in [3.8, 4) is 5.75 Å². The lowest BCUT2D eigenvalue weighted by molar-refractivity contribution is -0.128. The van der Waals surface area contributed by atoms with Gasteiger partial charge in [0.15, 0.2) is 5.16 Å². The Morgan fingerprint density at radius 3 is 2.71 bits per heavy atom. The van der Waals surface area contributed by atoms with E-state index in [4.69, 9.17) is 4.74 Å². The molecule has 0 saturated heterocycles. The first-order valence-corrected chi connectivity index (χ1v) is 9.76. The van der Waals surface area contributed by atoms with Crippen molar-refractivity contribution >= 4 is 17.7 Å². The van der Waals surface area contributed by atoms with Crippen LogP contribution in [0.5, 0.6) is 5.75 Å². The number of hydrogen-bond acceptors (Lipinski definition) is 6. The Balaban J connectivity index is 1.78. The van der Waals surface area contributed by atoms with E-state index < -0.39 is 0 Å². The third-order valence-corrected chi connectivity index (χ3v) is 4.77. The summed E-state index contributed by atoms with van der Waals surface area (Å²) in [5, 5.41) is 7.98. The van der Waals surface area contributed by atoms with Crippen molar-refractivity contribution in [2.75, 3.05) is 14.1 Å². The minimum absolute atomic E-state index is 0.0161. The quantitative estimate of drug-likeness (QED) is 0.629. The number of likely N-dealkylation sites (N-methyl/N-ethyl adjacent to an activating group) is 1. The van der Waals surface area contributed by atoms with E-state index in [2.05, 4.69) is 32.3 Å². The van der Waals surface area contributed by atoms with Gasteiger partial charge in [-0.25, -0.2) is 9.97 Å². The Morgan fingerprint density at radius 2 is 2.04 bits per heavy atom. The molecule has 0 fully saturated rings. The third-order valence-electron chi connectivity index (χ3n) is 3.96. The first kappa shape index (κ1) is 19.9. The lowest BCUT2D eigenvalue weighted by atomic mass is 10.1. The molecule has 0 unspecified atom stereocenters. The van der Waals surface area contributed by atoms with Gasteiger partial charge in [0, 0.05) is 32.6 Å². The average Bonchev–Trinajstić information content (AvgIpc) is 3.15. The summed E-state index contributed by atoms with van der Waals surface area (Å²) in [7, 11) is 3.46. The van der Waals surface area contributed by atoms with Crippen molar-refractivity contribution in [1.82, 2.24) is 25.1 Å². The summed E-state index contributed by atoms with van der Waals surface area (Å²) in [6.45, 7) is 2.03. The number of pyridine rings is 1. The summed E-state index contributed by atoms with van der Waals surface area (Å²) in [5.41, 5.74) is 1.87. The lowest BCUT2D eigenvalue weighted by Crippen LogP contribution is -2.24. The van der Waals surface area contributed by atoms with Crippen LogP contribution >= 0.6 is 11.8 Å². The van der Waals surface area contributed by atoms with Gasteiger partial charge in [0.2, 0.25) is 5.91 Å². The number of carbonyl (C=O) groups is 1. The fourth-order valence-electron chi connectivity index (χ4n) is 2.62. The molecule has 7 nitrogen and oxygen atoms in total. The molecule has 2 aromatic heterocycles. The van der Waals surface area contributed by atoms with Crippen molar-refractivity contribution in [3.05, 3.63) is 60.0 Å². The van der Waals surface area contributed by atoms with Crippen molar-refractivity contribution in [3.63, 3.8) is 0 Å². The highest BCUT2D eigenvalue weighted by molar-refractivity contribution is 7.99. The van der Waals surface area contributed by atoms with Crippen molar-refractivity contribution in [2.24, 2.45) is 0 Å². The highest BCUT2D eigenvalue weighted by Gasteiger charge is 2.14. The van der Waals surface area contributed by atoms with Gasteiger partial charge in [0.1, 0.15) is 17.1 Å². The molecule has 8 heteroatoms. The van der Waals surface area contributed by atoms with E-state index in [9.17, 15) is 4.79 Å². The highest BCUT2D eigenvalue weighted by Crippen LogP contribution is 2.27. The fourth-order valence-corrected chi connectivity index (χ4v) is 3.35. The molecule has 0 aliphatic rings. The maximum Gasteiger partial charge on any atom is 0.228 e. The van der Waals surface area contributed by atoms with Gasteiger partial charge in [-0.15, -0.1) is 0 Å². The number of ether oxygens (including phenoxy) is 1. The third kappa shape index (κ3) is 5.82. The molecule has 0 radical (unpaired) electrons. The van der Waals surface area contributed by atoms with E-state index in [0.717, 1.165) is 6.42 Å². The SMILES string of the molecule is C[C@@H](Cc1ccccc1)Oc1cc(CC(=O)N(C)C)nc(Sc2ncn[nH]2)c1. The largest absolute Gasteiger partial charge is 0.490 e. The molecule has 0 aliphatic heterocycles. The van der Waals surface area contributed by atoms with E-state index in [1.165, 1.54) is 23.7 Å². The van der Waals surface area contributed by atoms with Crippen LogP contribution in [0, 0.1) is 0 Å².